The van der Waals surface area contributed by atoms with E-state index in [2.05, 4.69) is 0 Å². The van der Waals surface area contributed by atoms with Crippen LogP contribution in [0.25, 0.3) is 6.08 Å². The Balaban J connectivity index is 2.11. The molecule has 1 N–H and O–H groups in total. The molecular formula is C15H18O5. The van der Waals surface area contributed by atoms with Crippen molar-refractivity contribution in [2.24, 2.45) is 0 Å². The van der Waals surface area contributed by atoms with E-state index in [1.807, 2.05) is 24.3 Å². The Labute approximate surface area is 117 Å². The number of ether oxygens (including phenoxy) is 3. The Bertz CT molecular complexity index is 511. The first kappa shape index (κ1) is 14.7. The molecule has 20 heavy (non-hydrogen) atoms. The quantitative estimate of drug-likeness (QED) is 0.807. The highest BCUT2D eigenvalue weighted by atomic mass is 16.7. The minimum absolute atomic E-state index is 0.145. The molecule has 0 saturated carbocycles. The molecule has 0 saturated heterocycles. The van der Waals surface area contributed by atoms with Crippen LogP contribution in [-0.2, 0) is 25.4 Å². The minimum Gasteiger partial charge on any atom is -0.479 e. The van der Waals surface area contributed by atoms with E-state index in [1.165, 1.54) is 7.11 Å². The number of hydrogen-bond acceptors (Lipinski definition) is 4. The lowest BCUT2D eigenvalue weighted by Gasteiger charge is -2.30. The van der Waals surface area contributed by atoms with Crippen molar-refractivity contribution in [1.82, 2.24) is 0 Å². The number of methoxy groups -OCH3 is 1. The molecule has 1 aliphatic rings. The van der Waals surface area contributed by atoms with Gasteiger partial charge in [-0.05, 0) is 24.1 Å². The SMILES string of the molecule is COC(C)OCOC1(C(=O)O)C=Cc2ccccc2C1. The predicted octanol–water partition coefficient (Wildman–Crippen LogP) is 2.06. The van der Waals surface area contributed by atoms with Crippen LogP contribution in [-0.4, -0.2) is 36.9 Å². The van der Waals surface area contributed by atoms with E-state index in [9.17, 15) is 9.90 Å². The molecule has 2 unspecified atom stereocenters. The summed E-state index contributed by atoms with van der Waals surface area (Å²) in [4.78, 5) is 11.6. The Morgan fingerprint density at radius 2 is 2.20 bits per heavy atom. The molecule has 1 aliphatic carbocycles. The van der Waals surface area contributed by atoms with E-state index in [0.29, 0.717) is 0 Å². The lowest BCUT2D eigenvalue weighted by molar-refractivity contribution is -0.210. The zero-order valence-corrected chi connectivity index (χ0v) is 11.5. The van der Waals surface area contributed by atoms with Crippen LogP contribution in [0.2, 0.25) is 0 Å². The lowest BCUT2D eigenvalue weighted by Crippen LogP contribution is -2.44. The molecule has 0 heterocycles. The largest absolute Gasteiger partial charge is 0.479 e. The summed E-state index contributed by atoms with van der Waals surface area (Å²) in [6, 6.07) is 7.65. The van der Waals surface area contributed by atoms with Crippen molar-refractivity contribution in [2.45, 2.75) is 25.2 Å². The maximum Gasteiger partial charge on any atom is 0.340 e. The topological polar surface area (TPSA) is 65.0 Å². The summed E-state index contributed by atoms with van der Waals surface area (Å²) in [5, 5.41) is 9.47. The van der Waals surface area contributed by atoms with Gasteiger partial charge >= 0.3 is 5.97 Å². The third kappa shape index (κ3) is 3.07. The number of rotatable bonds is 6. The van der Waals surface area contributed by atoms with Gasteiger partial charge in [0.2, 0.25) is 0 Å². The first-order chi connectivity index (χ1) is 9.57. The van der Waals surface area contributed by atoms with Crippen LogP contribution >= 0.6 is 0 Å². The van der Waals surface area contributed by atoms with Gasteiger partial charge < -0.3 is 19.3 Å². The van der Waals surface area contributed by atoms with Crippen molar-refractivity contribution in [2.75, 3.05) is 13.9 Å². The van der Waals surface area contributed by atoms with Gasteiger partial charge in [-0.3, -0.25) is 0 Å². The summed E-state index contributed by atoms with van der Waals surface area (Å²) < 4.78 is 15.6. The molecule has 5 heteroatoms. The smallest absolute Gasteiger partial charge is 0.340 e. The van der Waals surface area contributed by atoms with E-state index < -0.39 is 17.9 Å². The van der Waals surface area contributed by atoms with Crippen molar-refractivity contribution < 1.29 is 24.1 Å². The van der Waals surface area contributed by atoms with Gasteiger partial charge in [0.05, 0.1) is 0 Å². The molecule has 0 bridgehead atoms. The van der Waals surface area contributed by atoms with E-state index >= 15 is 0 Å². The van der Waals surface area contributed by atoms with Crippen LogP contribution < -0.4 is 0 Å². The van der Waals surface area contributed by atoms with Gasteiger partial charge in [0.1, 0.15) is 0 Å². The van der Waals surface area contributed by atoms with Crippen LogP contribution in [0.5, 0.6) is 0 Å². The molecule has 0 spiro atoms. The van der Waals surface area contributed by atoms with Crippen LogP contribution in [0.3, 0.4) is 0 Å². The number of aliphatic carboxylic acids is 1. The molecule has 0 radical (unpaired) electrons. The maximum atomic E-state index is 11.6. The molecule has 2 atom stereocenters. The summed E-state index contributed by atoms with van der Waals surface area (Å²) in [5.41, 5.74) is 0.568. The zero-order chi connectivity index (χ0) is 14.6. The van der Waals surface area contributed by atoms with Crippen LogP contribution in [0.1, 0.15) is 18.1 Å². The fraction of sp³-hybridized carbons (Fsp3) is 0.400. The average molecular weight is 278 g/mol. The number of benzene rings is 1. The molecule has 0 aliphatic heterocycles. The minimum atomic E-state index is -1.39. The third-order valence-electron chi connectivity index (χ3n) is 3.35. The van der Waals surface area contributed by atoms with Crippen LogP contribution in [0.4, 0.5) is 0 Å². The Kier molecular flexibility index (Phi) is 4.54. The first-order valence-corrected chi connectivity index (χ1v) is 6.36. The van der Waals surface area contributed by atoms with Gasteiger partial charge in [-0.1, -0.05) is 30.3 Å². The first-order valence-electron chi connectivity index (χ1n) is 6.36. The molecule has 0 aromatic heterocycles. The highest BCUT2D eigenvalue weighted by Gasteiger charge is 2.40. The Morgan fingerprint density at radius 1 is 1.45 bits per heavy atom. The van der Waals surface area contributed by atoms with E-state index in [1.54, 1.807) is 19.1 Å². The molecule has 0 fully saturated rings. The molecule has 1 aromatic carbocycles. The van der Waals surface area contributed by atoms with Crippen molar-refractivity contribution in [3.05, 3.63) is 41.5 Å². The number of carbonyl (C=O) groups is 1. The van der Waals surface area contributed by atoms with Crippen molar-refractivity contribution in [3.63, 3.8) is 0 Å². The molecule has 5 nitrogen and oxygen atoms in total. The second kappa shape index (κ2) is 6.17. The zero-order valence-electron chi connectivity index (χ0n) is 11.5. The normalized spacial score (nSPS) is 22.3. The molecule has 0 amide bonds. The highest BCUT2D eigenvalue weighted by Crippen LogP contribution is 2.29. The van der Waals surface area contributed by atoms with Crippen molar-refractivity contribution >= 4 is 12.0 Å². The summed E-state index contributed by atoms with van der Waals surface area (Å²) in [7, 11) is 1.51. The fourth-order valence-electron chi connectivity index (χ4n) is 2.03. The van der Waals surface area contributed by atoms with Gasteiger partial charge in [-0.25, -0.2) is 4.79 Å². The summed E-state index contributed by atoms with van der Waals surface area (Å²) in [6.45, 7) is 1.57. The van der Waals surface area contributed by atoms with Crippen LogP contribution in [0.15, 0.2) is 30.3 Å². The van der Waals surface area contributed by atoms with Gasteiger partial charge in [0.15, 0.2) is 18.7 Å². The highest BCUT2D eigenvalue weighted by molar-refractivity contribution is 5.84. The second-order valence-electron chi connectivity index (χ2n) is 4.64. The maximum absolute atomic E-state index is 11.6. The second-order valence-corrected chi connectivity index (χ2v) is 4.64. The van der Waals surface area contributed by atoms with Gasteiger partial charge in [-0.2, -0.15) is 0 Å². The fourth-order valence-corrected chi connectivity index (χ4v) is 2.03. The summed E-state index contributed by atoms with van der Waals surface area (Å²) in [6.07, 6.45) is 3.17. The van der Waals surface area contributed by atoms with E-state index in [-0.39, 0.29) is 13.2 Å². The Hall–Kier alpha value is -1.69. The van der Waals surface area contributed by atoms with Gasteiger partial charge in [0, 0.05) is 13.5 Å². The monoisotopic (exact) mass is 278 g/mol. The van der Waals surface area contributed by atoms with Crippen molar-refractivity contribution in [1.29, 1.82) is 0 Å². The summed E-state index contributed by atoms with van der Waals surface area (Å²) >= 11 is 0. The molecular weight excluding hydrogens is 260 g/mol. The van der Waals surface area contributed by atoms with Gasteiger partial charge in [0.25, 0.3) is 0 Å². The third-order valence-corrected chi connectivity index (χ3v) is 3.35. The Morgan fingerprint density at radius 3 is 2.90 bits per heavy atom. The van der Waals surface area contributed by atoms with Crippen molar-refractivity contribution in [3.8, 4) is 0 Å². The number of fused-ring (bicyclic) bond motifs is 1. The van der Waals surface area contributed by atoms with Crippen LogP contribution in [0, 0.1) is 0 Å². The average Bonchev–Trinajstić information content (AvgIpc) is 2.46. The number of carboxylic acids is 1. The number of carboxylic acid groups (broad SMARTS) is 1. The molecule has 108 valence electrons. The van der Waals surface area contributed by atoms with E-state index in [0.717, 1.165) is 11.1 Å². The molecule has 2 rings (SSSR count). The summed E-state index contributed by atoms with van der Waals surface area (Å²) in [5.74, 6) is -1.03. The predicted molar refractivity (Wildman–Crippen MR) is 73.1 cm³/mol. The van der Waals surface area contributed by atoms with E-state index in [4.69, 9.17) is 14.2 Å². The lowest BCUT2D eigenvalue weighted by atomic mass is 9.86. The number of hydrogen-bond donors (Lipinski definition) is 1. The molecule has 1 aromatic rings. The standard InChI is InChI=1S/C15H18O5/c1-11(18-2)19-10-20-15(14(16)17)8-7-12-5-3-4-6-13(12)9-15/h3-8,11H,9-10H2,1-2H3,(H,16,17). The van der Waals surface area contributed by atoms with Gasteiger partial charge in [-0.15, -0.1) is 0 Å².